The van der Waals surface area contributed by atoms with Gasteiger partial charge in [0, 0.05) is 36.0 Å². The Balaban J connectivity index is 1.77. The van der Waals surface area contributed by atoms with Gasteiger partial charge in [-0.2, -0.15) is 5.10 Å². The van der Waals surface area contributed by atoms with Crippen molar-refractivity contribution in [2.75, 3.05) is 11.9 Å². The van der Waals surface area contributed by atoms with Gasteiger partial charge in [-0.3, -0.25) is 14.9 Å². The van der Waals surface area contributed by atoms with Crippen molar-refractivity contribution < 1.29 is 9.72 Å². The SMILES string of the molecule is Cc1cc2c(cc1/C=N\NC(=O)c1ccc([N+](=O)[O-])cc1)C(C)CC(C)(C)N2C. The lowest BCUT2D eigenvalue weighted by atomic mass is 9.79. The molecule has 7 nitrogen and oxygen atoms in total. The molecule has 1 unspecified atom stereocenters. The van der Waals surface area contributed by atoms with Gasteiger partial charge in [-0.05, 0) is 74.1 Å². The highest BCUT2D eigenvalue weighted by Gasteiger charge is 2.34. The lowest BCUT2D eigenvalue weighted by Crippen LogP contribution is -2.45. The fraction of sp³-hybridized carbons (Fsp3) is 0.364. The van der Waals surface area contributed by atoms with Crippen molar-refractivity contribution in [3.8, 4) is 0 Å². The van der Waals surface area contributed by atoms with Crippen molar-refractivity contribution in [2.24, 2.45) is 5.10 Å². The van der Waals surface area contributed by atoms with Crippen LogP contribution < -0.4 is 10.3 Å². The molecule has 1 aliphatic heterocycles. The maximum Gasteiger partial charge on any atom is 0.271 e. The number of hydrogen-bond acceptors (Lipinski definition) is 5. The topological polar surface area (TPSA) is 87.8 Å². The predicted octanol–water partition coefficient (Wildman–Crippen LogP) is 4.39. The minimum atomic E-state index is -0.502. The van der Waals surface area contributed by atoms with E-state index in [1.165, 1.54) is 35.5 Å². The van der Waals surface area contributed by atoms with Crippen LogP contribution in [0.3, 0.4) is 0 Å². The first-order valence-corrected chi connectivity index (χ1v) is 9.56. The van der Waals surface area contributed by atoms with Crippen LogP contribution in [0.2, 0.25) is 0 Å². The second-order valence-electron chi connectivity index (χ2n) is 8.25. The molecule has 0 radical (unpaired) electrons. The number of fused-ring (bicyclic) bond motifs is 1. The normalized spacial score (nSPS) is 17.8. The van der Waals surface area contributed by atoms with Crippen LogP contribution in [0.25, 0.3) is 0 Å². The summed E-state index contributed by atoms with van der Waals surface area (Å²) in [6.45, 7) is 8.77. The van der Waals surface area contributed by atoms with Crippen LogP contribution in [0, 0.1) is 17.0 Å². The summed E-state index contributed by atoms with van der Waals surface area (Å²) in [5.41, 5.74) is 7.39. The first kappa shape index (κ1) is 20.5. The molecule has 1 atom stereocenters. The molecule has 2 aromatic carbocycles. The highest BCUT2D eigenvalue weighted by atomic mass is 16.6. The molecule has 1 heterocycles. The van der Waals surface area contributed by atoms with E-state index in [0.717, 1.165) is 17.5 Å². The van der Waals surface area contributed by atoms with Crippen molar-refractivity contribution in [3.63, 3.8) is 0 Å². The summed E-state index contributed by atoms with van der Waals surface area (Å²) in [4.78, 5) is 24.7. The van der Waals surface area contributed by atoms with E-state index in [1.807, 2.05) is 6.92 Å². The van der Waals surface area contributed by atoms with Gasteiger partial charge in [0.1, 0.15) is 0 Å². The molecule has 29 heavy (non-hydrogen) atoms. The van der Waals surface area contributed by atoms with E-state index in [0.29, 0.717) is 11.5 Å². The molecule has 0 aliphatic carbocycles. The maximum atomic E-state index is 12.2. The lowest BCUT2D eigenvalue weighted by molar-refractivity contribution is -0.384. The minimum Gasteiger partial charge on any atom is -0.369 e. The number of amides is 1. The quantitative estimate of drug-likeness (QED) is 0.473. The molecular weight excluding hydrogens is 368 g/mol. The second-order valence-corrected chi connectivity index (χ2v) is 8.25. The molecule has 7 heteroatoms. The van der Waals surface area contributed by atoms with E-state index in [2.05, 4.69) is 55.4 Å². The fourth-order valence-corrected chi connectivity index (χ4v) is 3.83. The highest BCUT2D eigenvalue weighted by Crippen LogP contribution is 2.43. The Bertz CT molecular complexity index is 980. The first-order valence-electron chi connectivity index (χ1n) is 9.56. The van der Waals surface area contributed by atoms with Crippen molar-refractivity contribution in [1.29, 1.82) is 0 Å². The van der Waals surface area contributed by atoms with Gasteiger partial charge in [-0.25, -0.2) is 5.43 Å². The van der Waals surface area contributed by atoms with Crippen molar-refractivity contribution in [3.05, 3.63) is 68.8 Å². The number of hydrogen-bond donors (Lipinski definition) is 1. The summed E-state index contributed by atoms with van der Waals surface area (Å²) in [6.07, 6.45) is 2.71. The van der Waals surface area contributed by atoms with Crippen molar-refractivity contribution in [2.45, 2.75) is 45.6 Å². The largest absolute Gasteiger partial charge is 0.369 e. The Labute approximate surface area is 170 Å². The van der Waals surface area contributed by atoms with Crippen LogP contribution in [0.5, 0.6) is 0 Å². The number of hydrazone groups is 1. The third-order valence-electron chi connectivity index (χ3n) is 5.73. The van der Waals surface area contributed by atoms with Gasteiger partial charge >= 0.3 is 0 Å². The highest BCUT2D eigenvalue weighted by molar-refractivity contribution is 5.95. The van der Waals surface area contributed by atoms with Gasteiger partial charge in [-0.1, -0.05) is 6.92 Å². The number of nitro benzene ring substituents is 1. The summed E-state index contributed by atoms with van der Waals surface area (Å²) >= 11 is 0. The number of carbonyl (C=O) groups excluding carboxylic acids is 1. The molecule has 0 fully saturated rings. The molecule has 1 N–H and O–H groups in total. The van der Waals surface area contributed by atoms with Gasteiger partial charge in [0.25, 0.3) is 11.6 Å². The molecule has 0 aromatic heterocycles. The molecule has 0 saturated carbocycles. The van der Waals surface area contributed by atoms with E-state index in [1.54, 1.807) is 6.21 Å². The summed E-state index contributed by atoms with van der Waals surface area (Å²) in [5, 5.41) is 14.8. The number of nitro groups is 1. The Morgan fingerprint density at radius 1 is 1.31 bits per heavy atom. The number of nitrogens with one attached hydrogen (secondary N) is 1. The average Bonchev–Trinajstić information content (AvgIpc) is 2.66. The molecule has 0 spiro atoms. The Kier molecular flexibility index (Phi) is 5.42. The van der Waals surface area contributed by atoms with Crippen LogP contribution >= 0.6 is 0 Å². The Morgan fingerprint density at radius 2 is 1.97 bits per heavy atom. The van der Waals surface area contributed by atoms with Gasteiger partial charge in [0.2, 0.25) is 0 Å². The number of benzene rings is 2. The lowest BCUT2D eigenvalue weighted by Gasteiger charge is -2.45. The zero-order valence-corrected chi connectivity index (χ0v) is 17.4. The molecule has 0 bridgehead atoms. The summed E-state index contributed by atoms with van der Waals surface area (Å²) in [5.74, 6) is 0.0141. The number of nitrogens with zero attached hydrogens (tertiary/aromatic N) is 3. The average molecular weight is 394 g/mol. The Hall–Kier alpha value is -3.22. The van der Waals surface area contributed by atoms with Crippen LogP contribution in [-0.4, -0.2) is 29.6 Å². The minimum absolute atomic E-state index is 0.0583. The van der Waals surface area contributed by atoms with Gasteiger partial charge in [-0.15, -0.1) is 0 Å². The predicted molar refractivity (Wildman–Crippen MR) is 115 cm³/mol. The molecule has 0 saturated heterocycles. The molecule has 3 rings (SSSR count). The van der Waals surface area contributed by atoms with Crippen LogP contribution in [0.15, 0.2) is 41.5 Å². The number of aryl methyl sites for hydroxylation is 1. The number of rotatable bonds is 4. The number of carbonyl (C=O) groups is 1. The number of anilines is 1. The number of non-ortho nitro benzene ring substituents is 1. The molecule has 2 aromatic rings. The maximum absolute atomic E-state index is 12.2. The van der Waals surface area contributed by atoms with Gasteiger partial charge in [0.15, 0.2) is 0 Å². The summed E-state index contributed by atoms with van der Waals surface area (Å²) < 4.78 is 0. The van der Waals surface area contributed by atoms with Gasteiger partial charge in [0.05, 0.1) is 11.1 Å². The van der Waals surface area contributed by atoms with E-state index < -0.39 is 10.8 Å². The van der Waals surface area contributed by atoms with E-state index in [-0.39, 0.29) is 11.2 Å². The monoisotopic (exact) mass is 394 g/mol. The third kappa shape index (κ3) is 4.13. The van der Waals surface area contributed by atoms with Crippen LogP contribution in [-0.2, 0) is 0 Å². The molecular formula is C22H26N4O3. The third-order valence-corrected chi connectivity index (χ3v) is 5.73. The standard InChI is InChI=1S/C22H26N4O3/c1-14-10-20-19(15(2)12-22(3,4)25(20)5)11-17(14)13-23-24-21(27)16-6-8-18(9-7-16)26(28)29/h6-11,13,15H,12H2,1-5H3,(H,24,27)/b23-13-. The van der Waals surface area contributed by atoms with Crippen molar-refractivity contribution in [1.82, 2.24) is 5.43 Å². The Morgan fingerprint density at radius 3 is 2.59 bits per heavy atom. The first-order chi connectivity index (χ1) is 13.6. The van der Waals surface area contributed by atoms with Gasteiger partial charge < -0.3 is 4.90 Å². The summed E-state index contributed by atoms with van der Waals surface area (Å²) in [6, 6.07) is 9.73. The molecule has 152 valence electrons. The second kappa shape index (κ2) is 7.66. The van der Waals surface area contributed by atoms with Crippen LogP contribution in [0.4, 0.5) is 11.4 Å². The van der Waals surface area contributed by atoms with E-state index in [9.17, 15) is 14.9 Å². The summed E-state index contributed by atoms with van der Waals surface area (Å²) in [7, 11) is 2.13. The van der Waals surface area contributed by atoms with Crippen molar-refractivity contribution >= 4 is 23.5 Å². The van der Waals surface area contributed by atoms with Crippen LogP contribution in [0.1, 0.15) is 60.2 Å². The van der Waals surface area contributed by atoms with E-state index >= 15 is 0 Å². The smallest absolute Gasteiger partial charge is 0.271 e. The zero-order valence-electron chi connectivity index (χ0n) is 17.4. The van der Waals surface area contributed by atoms with E-state index in [4.69, 9.17) is 0 Å². The molecule has 1 aliphatic rings. The zero-order chi connectivity index (χ0) is 21.3. The fourth-order valence-electron chi connectivity index (χ4n) is 3.83. The molecule has 1 amide bonds.